The van der Waals surface area contributed by atoms with Crippen LogP contribution in [0.3, 0.4) is 0 Å². The molecule has 1 aliphatic heterocycles. The number of benzene rings is 1. The summed E-state index contributed by atoms with van der Waals surface area (Å²) in [7, 11) is 0. The van der Waals surface area contributed by atoms with Crippen molar-refractivity contribution in [2.75, 3.05) is 32.7 Å². The Labute approximate surface area is 142 Å². The predicted molar refractivity (Wildman–Crippen MR) is 90.8 cm³/mol. The average molecular weight is 337 g/mol. The highest BCUT2D eigenvalue weighted by Gasteiger charge is 2.16. The molecular formula is C17H27N3O4. The smallest absolute Gasteiger partial charge is 0.314 e. The van der Waals surface area contributed by atoms with Gasteiger partial charge in [-0.3, -0.25) is 0 Å². The van der Waals surface area contributed by atoms with Crippen molar-refractivity contribution in [1.82, 2.24) is 15.5 Å². The van der Waals surface area contributed by atoms with Gasteiger partial charge in [0.2, 0.25) is 0 Å². The van der Waals surface area contributed by atoms with Crippen LogP contribution in [-0.2, 0) is 0 Å². The number of aliphatic hydroxyl groups excluding tert-OH is 2. The van der Waals surface area contributed by atoms with Crippen molar-refractivity contribution in [2.45, 2.75) is 31.5 Å². The van der Waals surface area contributed by atoms with Crippen LogP contribution in [-0.4, -0.2) is 65.1 Å². The summed E-state index contributed by atoms with van der Waals surface area (Å²) in [6, 6.07) is 6.02. The number of piperidine rings is 1. The molecule has 0 aliphatic carbocycles. The first-order valence-corrected chi connectivity index (χ1v) is 8.43. The third-order valence-electron chi connectivity index (χ3n) is 4.20. The van der Waals surface area contributed by atoms with Gasteiger partial charge in [0.1, 0.15) is 5.75 Å². The van der Waals surface area contributed by atoms with E-state index < -0.39 is 6.10 Å². The topological polar surface area (TPSA) is 105 Å². The van der Waals surface area contributed by atoms with Gasteiger partial charge < -0.3 is 30.9 Å². The minimum absolute atomic E-state index is 0.0826. The summed E-state index contributed by atoms with van der Waals surface area (Å²) in [5.41, 5.74) is 0.558. The first-order valence-electron chi connectivity index (χ1n) is 8.43. The van der Waals surface area contributed by atoms with Gasteiger partial charge >= 0.3 is 6.03 Å². The molecule has 0 bridgehead atoms. The molecule has 1 aliphatic rings. The molecule has 0 aromatic heterocycles. The minimum Gasteiger partial charge on any atom is -0.508 e. The van der Waals surface area contributed by atoms with E-state index in [2.05, 4.69) is 15.5 Å². The van der Waals surface area contributed by atoms with E-state index in [1.54, 1.807) is 12.1 Å². The highest BCUT2D eigenvalue weighted by Crippen LogP contribution is 2.17. The molecule has 7 nitrogen and oxygen atoms in total. The van der Waals surface area contributed by atoms with E-state index in [0.717, 1.165) is 38.9 Å². The van der Waals surface area contributed by atoms with Gasteiger partial charge in [-0.2, -0.15) is 0 Å². The second-order valence-electron chi connectivity index (χ2n) is 6.17. The molecule has 2 rings (SSSR count). The molecule has 2 amide bonds. The molecule has 0 saturated carbocycles. The van der Waals surface area contributed by atoms with Gasteiger partial charge in [-0.1, -0.05) is 12.1 Å². The van der Waals surface area contributed by atoms with E-state index in [1.165, 1.54) is 12.1 Å². The molecule has 134 valence electrons. The van der Waals surface area contributed by atoms with Crippen molar-refractivity contribution in [3.63, 3.8) is 0 Å². The van der Waals surface area contributed by atoms with Crippen molar-refractivity contribution in [3.8, 4) is 5.75 Å². The van der Waals surface area contributed by atoms with Gasteiger partial charge in [0.05, 0.1) is 12.2 Å². The number of urea groups is 1. The third kappa shape index (κ3) is 6.35. The van der Waals surface area contributed by atoms with Gasteiger partial charge in [-0.05, 0) is 43.5 Å². The fourth-order valence-electron chi connectivity index (χ4n) is 2.75. The predicted octanol–water partition coefficient (Wildman–Crippen LogP) is 0.572. The number of aliphatic hydroxyl groups is 2. The fourth-order valence-corrected chi connectivity index (χ4v) is 2.75. The number of amides is 2. The summed E-state index contributed by atoms with van der Waals surface area (Å²) in [4.78, 5) is 14.0. The number of carbonyl (C=O) groups is 1. The number of nitrogens with one attached hydrogen (secondary N) is 2. The maximum atomic E-state index is 11.7. The SMILES string of the molecule is O=C(NCCCN1CCC(O)CC1)NC[C@H](O)c1cccc(O)c1. The molecule has 0 spiro atoms. The number of carbonyl (C=O) groups excluding carboxylic acids is 1. The molecule has 7 heteroatoms. The van der Waals surface area contributed by atoms with Crippen LogP contribution < -0.4 is 10.6 Å². The average Bonchev–Trinajstić information content (AvgIpc) is 2.58. The maximum absolute atomic E-state index is 11.7. The van der Waals surface area contributed by atoms with Gasteiger partial charge in [0, 0.05) is 26.2 Å². The number of hydrogen-bond donors (Lipinski definition) is 5. The summed E-state index contributed by atoms with van der Waals surface area (Å²) in [6.07, 6.45) is 1.46. The first kappa shape index (κ1) is 18.5. The second-order valence-corrected chi connectivity index (χ2v) is 6.17. The standard InChI is InChI=1S/C17H27N3O4/c21-14-5-9-20(10-6-14)8-2-7-18-17(24)19-12-16(23)13-3-1-4-15(22)11-13/h1,3-4,11,14,16,21-23H,2,5-10,12H2,(H2,18,19,24)/t16-/m0/s1. The van der Waals surface area contributed by atoms with E-state index in [9.17, 15) is 20.1 Å². The Morgan fingerprint density at radius 1 is 1.29 bits per heavy atom. The molecule has 24 heavy (non-hydrogen) atoms. The number of phenols is 1. The van der Waals surface area contributed by atoms with Crippen LogP contribution in [0.2, 0.25) is 0 Å². The number of nitrogens with zero attached hydrogens (tertiary/aromatic N) is 1. The van der Waals surface area contributed by atoms with Crippen LogP contribution in [0.1, 0.15) is 30.9 Å². The van der Waals surface area contributed by atoms with Crippen molar-refractivity contribution < 1.29 is 20.1 Å². The van der Waals surface area contributed by atoms with Crippen LogP contribution >= 0.6 is 0 Å². The lowest BCUT2D eigenvalue weighted by Gasteiger charge is -2.29. The highest BCUT2D eigenvalue weighted by atomic mass is 16.3. The molecular weight excluding hydrogens is 310 g/mol. The summed E-state index contributed by atoms with van der Waals surface area (Å²) in [5, 5.41) is 34.2. The van der Waals surface area contributed by atoms with Gasteiger partial charge in [0.15, 0.2) is 0 Å². The molecule has 1 heterocycles. The number of likely N-dealkylation sites (tertiary alicyclic amines) is 1. The lowest BCUT2D eigenvalue weighted by atomic mass is 10.1. The van der Waals surface area contributed by atoms with Crippen molar-refractivity contribution in [2.24, 2.45) is 0 Å². The van der Waals surface area contributed by atoms with Crippen LogP contribution in [0.25, 0.3) is 0 Å². The lowest BCUT2D eigenvalue weighted by Crippen LogP contribution is -2.40. The van der Waals surface area contributed by atoms with Crippen molar-refractivity contribution in [1.29, 1.82) is 0 Å². The Balaban J connectivity index is 1.56. The molecule has 0 unspecified atom stereocenters. The largest absolute Gasteiger partial charge is 0.508 e. The van der Waals surface area contributed by atoms with Crippen molar-refractivity contribution >= 4 is 6.03 Å². The Hall–Kier alpha value is -1.83. The lowest BCUT2D eigenvalue weighted by molar-refractivity contribution is 0.0822. The molecule has 1 fully saturated rings. The Morgan fingerprint density at radius 2 is 2.04 bits per heavy atom. The van der Waals surface area contributed by atoms with Crippen molar-refractivity contribution in [3.05, 3.63) is 29.8 Å². The third-order valence-corrected chi connectivity index (χ3v) is 4.20. The minimum atomic E-state index is -0.859. The molecule has 1 aromatic carbocycles. The quantitative estimate of drug-likeness (QED) is 0.468. The van der Waals surface area contributed by atoms with Crippen LogP contribution in [0.15, 0.2) is 24.3 Å². The molecule has 5 N–H and O–H groups in total. The van der Waals surface area contributed by atoms with Crippen LogP contribution in [0.4, 0.5) is 4.79 Å². The van der Waals surface area contributed by atoms with Crippen LogP contribution in [0, 0.1) is 0 Å². The normalized spacial score (nSPS) is 17.4. The van der Waals surface area contributed by atoms with Crippen LogP contribution in [0.5, 0.6) is 5.75 Å². The van der Waals surface area contributed by atoms with E-state index in [-0.39, 0.29) is 24.4 Å². The molecule has 1 atom stereocenters. The Morgan fingerprint density at radius 3 is 2.75 bits per heavy atom. The molecule has 1 aromatic rings. The zero-order valence-electron chi connectivity index (χ0n) is 13.8. The summed E-state index contributed by atoms with van der Waals surface area (Å²) >= 11 is 0. The van der Waals surface area contributed by atoms with Gasteiger partial charge in [-0.25, -0.2) is 4.79 Å². The number of rotatable bonds is 7. The molecule has 1 saturated heterocycles. The summed E-state index contributed by atoms with van der Waals surface area (Å²) in [6.45, 7) is 3.36. The summed E-state index contributed by atoms with van der Waals surface area (Å²) in [5.74, 6) is 0.0845. The van der Waals surface area contributed by atoms with E-state index in [0.29, 0.717) is 12.1 Å². The second kappa shape index (κ2) is 9.46. The maximum Gasteiger partial charge on any atom is 0.314 e. The Kier molecular flexibility index (Phi) is 7.30. The van der Waals surface area contributed by atoms with Gasteiger partial charge in [0.25, 0.3) is 0 Å². The zero-order chi connectivity index (χ0) is 17.4. The first-order chi connectivity index (χ1) is 11.5. The summed E-state index contributed by atoms with van der Waals surface area (Å²) < 4.78 is 0. The monoisotopic (exact) mass is 337 g/mol. The number of hydrogen-bond acceptors (Lipinski definition) is 5. The van der Waals surface area contributed by atoms with E-state index in [4.69, 9.17) is 0 Å². The van der Waals surface area contributed by atoms with E-state index >= 15 is 0 Å². The Bertz CT molecular complexity index is 518. The number of phenolic OH excluding ortho intramolecular Hbond substituents is 1. The molecule has 0 radical (unpaired) electrons. The highest BCUT2D eigenvalue weighted by molar-refractivity contribution is 5.73. The van der Waals surface area contributed by atoms with E-state index in [1.807, 2.05) is 0 Å². The van der Waals surface area contributed by atoms with Gasteiger partial charge in [-0.15, -0.1) is 0 Å². The number of aromatic hydroxyl groups is 1. The fraction of sp³-hybridized carbons (Fsp3) is 0.588. The zero-order valence-corrected chi connectivity index (χ0v) is 13.8.